The van der Waals surface area contributed by atoms with Crippen LogP contribution in [0.5, 0.6) is 0 Å². The van der Waals surface area contributed by atoms with E-state index in [-0.39, 0.29) is 5.97 Å². The third kappa shape index (κ3) is 4.31. The molecule has 1 N–H and O–H groups in total. The van der Waals surface area contributed by atoms with Crippen LogP contribution >= 0.6 is 0 Å². The van der Waals surface area contributed by atoms with E-state index in [0.717, 1.165) is 5.69 Å². The van der Waals surface area contributed by atoms with Gasteiger partial charge in [-0.1, -0.05) is 18.2 Å². The van der Waals surface area contributed by atoms with Gasteiger partial charge in [-0.2, -0.15) is 0 Å². The minimum atomic E-state index is -0.332. The van der Waals surface area contributed by atoms with Gasteiger partial charge in [-0.3, -0.25) is 0 Å². The van der Waals surface area contributed by atoms with Gasteiger partial charge in [-0.25, -0.2) is 4.79 Å². The van der Waals surface area contributed by atoms with Crippen LogP contribution in [0.15, 0.2) is 36.4 Å². The van der Waals surface area contributed by atoms with Gasteiger partial charge in [0, 0.05) is 18.3 Å². The quantitative estimate of drug-likeness (QED) is 0.604. The lowest BCUT2D eigenvalue weighted by Crippen LogP contribution is -2.00. The van der Waals surface area contributed by atoms with Gasteiger partial charge in [-0.05, 0) is 24.6 Å². The van der Waals surface area contributed by atoms with Gasteiger partial charge in [0.05, 0.1) is 7.11 Å². The first-order chi connectivity index (χ1) is 7.22. The molecule has 0 fully saturated rings. The topological polar surface area (TPSA) is 38.3 Å². The van der Waals surface area contributed by atoms with Crippen LogP contribution in [0.3, 0.4) is 0 Å². The lowest BCUT2D eigenvalue weighted by atomic mass is 10.2. The molecule has 0 aromatic heterocycles. The Balaban J connectivity index is 2.38. The second-order valence-electron chi connectivity index (χ2n) is 3.18. The van der Waals surface area contributed by atoms with E-state index < -0.39 is 0 Å². The number of aryl methyl sites for hydroxylation is 1. The monoisotopic (exact) mass is 205 g/mol. The minimum absolute atomic E-state index is 0.332. The first kappa shape index (κ1) is 11.3. The fourth-order valence-corrected chi connectivity index (χ4v) is 1.15. The number of esters is 1. The summed E-state index contributed by atoms with van der Waals surface area (Å²) in [5.74, 6) is -0.332. The van der Waals surface area contributed by atoms with Gasteiger partial charge in [0.25, 0.3) is 0 Å². The Morgan fingerprint density at radius 3 is 3.00 bits per heavy atom. The largest absolute Gasteiger partial charge is 0.466 e. The highest BCUT2D eigenvalue weighted by Gasteiger charge is 1.91. The SMILES string of the molecule is COC(=O)/C=C/CNc1cccc(C)c1. The van der Waals surface area contributed by atoms with E-state index in [2.05, 4.69) is 10.1 Å². The molecule has 3 heteroatoms. The summed E-state index contributed by atoms with van der Waals surface area (Å²) in [6.45, 7) is 2.65. The zero-order valence-corrected chi connectivity index (χ0v) is 8.99. The molecule has 1 rings (SSSR count). The first-order valence-electron chi connectivity index (χ1n) is 4.77. The second kappa shape index (κ2) is 5.86. The van der Waals surface area contributed by atoms with Crippen molar-refractivity contribution < 1.29 is 9.53 Å². The van der Waals surface area contributed by atoms with E-state index in [1.807, 2.05) is 31.2 Å². The van der Waals surface area contributed by atoms with Crippen molar-refractivity contribution >= 4 is 11.7 Å². The molecule has 0 saturated carbocycles. The first-order valence-corrected chi connectivity index (χ1v) is 4.77. The van der Waals surface area contributed by atoms with Crippen molar-refractivity contribution in [2.24, 2.45) is 0 Å². The average Bonchev–Trinajstić information content (AvgIpc) is 2.24. The van der Waals surface area contributed by atoms with Crippen LogP contribution in [0.25, 0.3) is 0 Å². The maximum Gasteiger partial charge on any atom is 0.330 e. The number of carbonyl (C=O) groups excluding carboxylic acids is 1. The van der Waals surface area contributed by atoms with Crippen LogP contribution in [0.2, 0.25) is 0 Å². The van der Waals surface area contributed by atoms with Crippen molar-refractivity contribution in [1.82, 2.24) is 0 Å². The molecule has 3 nitrogen and oxygen atoms in total. The molecule has 0 spiro atoms. The number of anilines is 1. The van der Waals surface area contributed by atoms with Crippen LogP contribution in [0.1, 0.15) is 5.56 Å². The van der Waals surface area contributed by atoms with Crippen molar-refractivity contribution in [3.63, 3.8) is 0 Å². The highest BCUT2D eigenvalue weighted by atomic mass is 16.5. The van der Waals surface area contributed by atoms with Crippen LogP contribution in [0.4, 0.5) is 5.69 Å². The van der Waals surface area contributed by atoms with Gasteiger partial charge < -0.3 is 10.1 Å². The van der Waals surface area contributed by atoms with Crippen LogP contribution in [-0.2, 0) is 9.53 Å². The molecule has 0 bridgehead atoms. The van der Waals surface area contributed by atoms with Crippen molar-refractivity contribution in [2.45, 2.75) is 6.92 Å². The Hall–Kier alpha value is -1.77. The minimum Gasteiger partial charge on any atom is -0.466 e. The van der Waals surface area contributed by atoms with Crippen LogP contribution in [0, 0.1) is 6.92 Å². The van der Waals surface area contributed by atoms with E-state index in [0.29, 0.717) is 6.54 Å². The Labute approximate surface area is 89.8 Å². The summed E-state index contributed by atoms with van der Waals surface area (Å²) in [4.78, 5) is 10.7. The Kier molecular flexibility index (Phi) is 4.41. The van der Waals surface area contributed by atoms with E-state index in [9.17, 15) is 4.79 Å². The van der Waals surface area contributed by atoms with Crippen molar-refractivity contribution in [3.05, 3.63) is 42.0 Å². The number of nitrogens with one attached hydrogen (secondary N) is 1. The van der Waals surface area contributed by atoms with Crippen molar-refractivity contribution in [2.75, 3.05) is 19.0 Å². The van der Waals surface area contributed by atoms with E-state index in [1.165, 1.54) is 18.7 Å². The van der Waals surface area contributed by atoms with Gasteiger partial charge in [0.2, 0.25) is 0 Å². The number of ether oxygens (including phenoxy) is 1. The number of carbonyl (C=O) groups is 1. The predicted octanol–water partition coefficient (Wildman–Crippen LogP) is 2.14. The molecule has 0 heterocycles. The van der Waals surface area contributed by atoms with Gasteiger partial charge in [-0.15, -0.1) is 0 Å². The van der Waals surface area contributed by atoms with E-state index in [1.54, 1.807) is 6.08 Å². The van der Waals surface area contributed by atoms with Crippen molar-refractivity contribution in [3.8, 4) is 0 Å². The second-order valence-corrected chi connectivity index (χ2v) is 3.18. The molecule has 1 aromatic carbocycles. The molecule has 0 saturated heterocycles. The number of rotatable bonds is 4. The number of benzene rings is 1. The average molecular weight is 205 g/mol. The summed E-state index contributed by atoms with van der Waals surface area (Å²) < 4.78 is 4.47. The molecule has 0 aliphatic heterocycles. The standard InChI is InChI=1S/C12H15NO2/c1-10-5-3-6-11(9-10)13-8-4-7-12(14)15-2/h3-7,9,13H,8H2,1-2H3/b7-4+. The summed E-state index contributed by atoms with van der Waals surface area (Å²) in [5.41, 5.74) is 2.25. The van der Waals surface area contributed by atoms with E-state index >= 15 is 0 Å². The molecular formula is C12H15NO2. The maximum absolute atomic E-state index is 10.7. The molecule has 0 radical (unpaired) electrons. The van der Waals surface area contributed by atoms with Gasteiger partial charge >= 0.3 is 5.97 Å². The van der Waals surface area contributed by atoms with E-state index in [4.69, 9.17) is 0 Å². The third-order valence-electron chi connectivity index (χ3n) is 1.90. The van der Waals surface area contributed by atoms with Crippen LogP contribution in [-0.4, -0.2) is 19.6 Å². The molecule has 80 valence electrons. The molecule has 0 atom stereocenters. The Morgan fingerprint density at radius 1 is 1.53 bits per heavy atom. The Morgan fingerprint density at radius 2 is 2.33 bits per heavy atom. The lowest BCUT2D eigenvalue weighted by Gasteiger charge is -2.03. The fourth-order valence-electron chi connectivity index (χ4n) is 1.15. The summed E-state index contributed by atoms with van der Waals surface area (Å²) >= 11 is 0. The highest BCUT2D eigenvalue weighted by Crippen LogP contribution is 2.08. The molecule has 1 aromatic rings. The van der Waals surface area contributed by atoms with Crippen molar-refractivity contribution in [1.29, 1.82) is 0 Å². The zero-order chi connectivity index (χ0) is 11.1. The third-order valence-corrected chi connectivity index (χ3v) is 1.90. The predicted molar refractivity (Wildman–Crippen MR) is 60.8 cm³/mol. The highest BCUT2D eigenvalue weighted by molar-refractivity contribution is 5.81. The molecule has 15 heavy (non-hydrogen) atoms. The molecule has 0 aliphatic rings. The van der Waals surface area contributed by atoms with Gasteiger partial charge in [0.15, 0.2) is 0 Å². The molecule has 0 aliphatic carbocycles. The molecular weight excluding hydrogens is 190 g/mol. The van der Waals surface area contributed by atoms with Crippen LogP contribution < -0.4 is 5.32 Å². The zero-order valence-electron chi connectivity index (χ0n) is 8.99. The summed E-state index contributed by atoms with van der Waals surface area (Å²) in [6, 6.07) is 8.06. The summed E-state index contributed by atoms with van der Waals surface area (Å²) in [7, 11) is 1.36. The number of hydrogen-bond acceptors (Lipinski definition) is 3. The molecule has 0 unspecified atom stereocenters. The normalized spacial score (nSPS) is 10.3. The summed E-state index contributed by atoms with van der Waals surface area (Å²) in [6.07, 6.45) is 3.14. The summed E-state index contributed by atoms with van der Waals surface area (Å²) in [5, 5.41) is 3.17. The molecule has 0 amide bonds. The Bertz CT molecular complexity index is 358. The number of methoxy groups -OCH3 is 1. The smallest absolute Gasteiger partial charge is 0.330 e. The lowest BCUT2D eigenvalue weighted by molar-refractivity contribution is -0.134. The number of hydrogen-bond donors (Lipinski definition) is 1. The van der Waals surface area contributed by atoms with Gasteiger partial charge in [0.1, 0.15) is 0 Å². The maximum atomic E-state index is 10.7. The fraction of sp³-hybridized carbons (Fsp3) is 0.250.